The summed E-state index contributed by atoms with van der Waals surface area (Å²) < 4.78 is 5.34. The van der Waals surface area contributed by atoms with E-state index < -0.39 is 5.63 Å². The number of amides is 1. The van der Waals surface area contributed by atoms with Crippen LogP contribution in [0.5, 0.6) is 0 Å². The molecule has 2 heterocycles. The van der Waals surface area contributed by atoms with Crippen LogP contribution in [0.15, 0.2) is 69.2 Å². The van der Waals surface area contributed by atoms with Gasteiger partial charge in [0.15, 0.2) is 5.13 Å². The molecule has 27 heavy (non-hydrogen) atoms. The van der Waals surface area contributed by atoms with Crippen LogP contribution < -0.4 is 10.9 Å². The highest BCUT2D eigenvalue weighted by atomic mass is 35.5. The van der Waals surface area contributed by atoms with Crippen LogP contribution in [0.3, 0.4) is 0 Å². The topological polar surface area (TPSA) is 72.2 Å². The monoisotopic (exact) mass is 396 g/mol. The van der Waals surface area contributed by atoms with Gasteiger partial charge in [-0.05, 0) is 23.8 Å². The summed E-state index contributed by atoms with van der Waals surface area (Å²) in [5.74, 6) is -0.227. The molecule has 5 nitrogen and oxygen atoms in total. The van der Waals surface area contributed by atoms with Crippen LogP contribution in [0.4, 0.5) is 5.13 Å². The van der Waals surface area contributed by atoms with E-state index in [0.29, 0.717) is 27.0 Å². The summed E-state index contributed by atoms with van der Waals surface area (Å²) in [6.07, 6.45) is 0.146. The number of para-hydroxylation sites is 1. The Balaban J connectivity index is 1.55. The van der Waals surface area contributed by atoms with Crippen molar-refractivity contribution in [2.75, 3.05) is 5.32 Å². The molecule has 1 N–H and O–H groups in total. The van der Waals surface area contributed by atoms with E-state index in [1.54, 1.807) is 35.7 Å². The Morgan fingerprint density at radius 2 is 1.93 bits per heavy atom. The first-order chi connectivity index (χ1) is 13.1. The van der Waals surface area contributed by atoms with E-state index in [4.69, 9.17) is 16.0 Å². The number of nitrogens with zero attached hydrogens (tertiary/aromatic N) is 1. The molecule has 1 amide bonds. The maximum atomic E-state index is 12.2. The predicted molar refractivity (Wildman–Crippen MR) is 107 cm³/mol. The van der Waals surface area contributed by atoms with Crippen LogP contribution >= 0.6 is 22.9 Å². The summed E-state index contributed by atoms with van der Waals surface area (Å²) in [5, 5.41) is 6.22. The molecule has 0 aliphatic rings. The molecule has 0 unspecified atom stereocenters. The fourth-order valence-corrected chi connectivity index (χ4v) is 3.60. The van der Waals surface area contributed by atoms with Crippen molar-refractivity contribution in [3.63, 3.8) is 0 Å². The number of benzene rings is 2. The first-order valence-electron chi connectivity index (χ1n) is 8.12. The molecule has 2 aromatic carbocycles. The Bertz CT molecular complexity index is 1200. The third-order valence-corrected chi connectivity index (χ3v) is 5.10. The van der Waals surface area contributed by atoms with Crippen molar-refractivity contribution in [3.8, 4) is 11.3 Å². The van der Waals surface area contributed by atoms with E-state index in [-0.39, 0.29) is 12.3 Å². The first kappa shape index (κ1) is 17.5. The molecule has 4 aromatic rings. The molecule has 0 spiro atoms. The maximum absolute atomic E-state index is 12.2. The van der Waals surface area contributed by atoms with E-state index in [1.807, 2.05) is 24.3 Å². The van der Waals surface area contributed by atoms with Crippen molar-refractivity contribution >= 4 is 44.9 Å². The van der Waals surface area contributed by atoms with E-state index in [2.05, 4.69) is 10.3 Å². The van der Waals surface area contributed by atoms with Gasteiger partial charge in [0.05, 0.1) is 17.7 Å². The number of carbonyl (C=O) groups excluding carboxylic acids is 1. The molecule has 0 saturated carbocycles. The molecule has 0 fully saturated rings. The molecule has 0 saturated heterocycles. The highest BCUT2D eigenvalue weighted by Gasteiger charge is 2.13. The zero-order chi connectivity index (χ0) is 18.8. The number of rotatable bonds is 4. The smallest absolute Gasteiger partial charge is 0.345 e. The minimum absolute atomic E-state index is 0.146. The van der Waals surface area contributed by atoms with Gasteiger partial charge < -0.3 is 9.73 Å². The summed E-state index contributed by atoms with van der Waals surface area (Å²) in [5.41, 5.74) is 1.62. The SMILES string of the molecule is O=C(Cc1ccccc1Cl)Nc1nc(-c2cc3ccccc3oc2=O)cs1. The van der Waals surface area contributed by atoms with Crippen molar-refractivity contribution in [2.24, 2.45) is 0 Å². The Morgan fingerprint density at radius 3 is 2.78 bits per heavy atom. The third-order valence-electron chi connectivity index (χ3n) is 3.98. The van der Waals surface area contributed by atoms with Gasteiger partial charge in [-0.15, -0.1) is 11.3 Å². The summed E-state index contributed by atoms with van der Waals surface area (Å²) in [7, 11) is 0. The average molecular weight is 397 g/mol. The lowest BCUT2D eigenvalue weighted by Gasteiger charge is -2.04. The highest BCUT2D eigenvalue weighted by molar-refractivity contribution is 7.14. The third kappa shape index (κ3) is 3.77. The Kier molecular flexibility index (Phi) is 4.75. The number of hydrogen-bond donors (Lipinski definition) is 1. The largest absolute Gasteiger partial charge is 0.422 e. The van der Waals surface area contributed by atoms with Crippen molar-refractivity contribution in [2.45, 2.75) is 6.42 Å². The zero-order valence-electron chi connectivity index (χ0n) is 13.9. The number of halogens is 1. The minimum Gasteiger partial charge on any atom is -0.422 e. The van der Waals surface area contributed by atoms with Crippen LogP contribution in [0.2, 0.25) is 5.02 Å². The number of anilines is 1. The van der Waals surface area contributed by atoms with Gasteiger partial charge in [-0.3, -0.25) is 4.79 Å². The Hall–Kier alpha value is -2.96. The van der Waals surface area contributed by atoms with Gasteiger partial charge in [-0.2, -0.15) is 0 Å². The maximum Gasteiger partial charge on any atom is 0.345 e. The van der Waals surface area contributed by atoms with Crippen LogP contribution in [-0.4, -0.2) is 10.9 Å². The average Bonchev–Trinajstić information content (AvgIpc) is 3.11. The molecule has 134 valence electrons. The molecular weight excluding hydrogens is 384 g/mol. The van der Waals surface area contributed by atoms with Crippen molar-refractivity contribution in [1.82, 2.24) is 4.98 Å². The summed E-state index contributed by atoms with van der Waals surface area (Å²) in [4.78, 5) is 28.8. The molecule has 7 heteroatoms. The Morgan fingerprint density at radius 1 is 1.15 bits per heavy atom. The van der Waals surface area contributed by atoms with Crippen LogP contribution in [0, 0.1) is 0 Å². The number of thiazole rings is 1. The first-order valence-corrected chi connectivity index (χ1v) is 9.38. The highest BCUT2D eigenvalue weighted by Crippen LogP contribution is 2.25. The fraction of sp³-hybridized carbons (Fsp3) is 0.0500. The van der Waals surface area contributed by atoms with Crippen LogP contribution in [0.25, 0.3) is 22.2 Å². The van der Waals surface area contributed by atoms with Gasteiger partial charge in [0, 0.05) is 15.8 Å². The lowest BCUT2D eigenvalue weighted by atomic mass is 10.1. The van der Waals surface area contributed by atoms with Gasteiger partial charge in [0.25, 0.3) is 0 Å². The second-order valence-electron chi connectivity index (χ2n) is 5.84. The zero-order valence-corrected chi connectivity index (χ0v) is 15.5. The number of aromatic nitrogens is 1. The number of carbonyl (C=O) groups is 1. The van der Waals surface area contributed by atoms with Crippen LogP contribution in [-0.2, 0) is 11.2 Å². The van der Waals surface area contributed by atoms with Gasteiger partial charge in [0.1, 0.15) is 5.58 Å². The molecule has 0 atom stereocenters. The molecule has 0 bridgehead atoms. The van der Waals surface area contributed by atoms with Crippen molar-refractivity contribution < 1.29 is 9.21 Å². The number of hydrogen-bond acceptors (Lipinski definition) is 5. The minimum atomic E-state index is -0.465. The van der Waals surface area contributed by atoms with E-state index in [0.717, 1.165) is 10.9 Å². The molecular formula is C20H13ClN2O3S. The van der Waals surface area contributed by atoms with E-state index >= 15 is 0 Å². The fourth-order valence-electron chi connectivity index (χ4n) is 2.67. The van der Waals surface area contributed by atoms with Gasteiger partial charge in [-0.25, -0.2) is 9.78 Å². The standard InChI is InChI=1S/C20H13ClN2O3S/c21-15-7-3-1-5-12(15)10-18(24)23-20-22-16(11-27-20)14-9-13-6-2-4-8-17(13)26-19(14)25/h1-9,11H,10H2,(H,22,23,24). The second-order valence-corrected chi connectivity index (χ2v) is 7.10. The molecule has 0 aliphatic heterocycles. The summed E-state index contributed by atoms with van der Waals surface area (Å²) in [6.45, 7) is 0. The van der Waals surface area contributed by atoms with Gasteiger partial charge in [-0.1, -0.05) is 48.0 Å². The molecule has 0 radical (unpaired) electrons. The lowest BCUT2D eigenvalue weighted by Crippen LogP contribution is -2.14. The summed E-state index contributed by atoms with van der Waals surface area (Å²) >= 11 is 7.33. The number of fused-ring (bicyclic) bond motifs is 1. The molecule has 0 aliphatic carbocycles. The quantitative estimate of drug-likeness (QED) is 0.505. The number of nitrogens with one attached hydrogen (secondary N) is 1. The second kappa shape index (κ2) is 7.34. The van der Waals surface area contributed by atoms with E-state index in [9.17, 15) is 9.59 Å². The molecule has 4 rings (SSSR count). The molecule has 2 aromatic heterocycles. The van der Waals surface area contributed by atoms with Crippen molar-refractivity contribution in [3.05, 3.63) is 81.0 Å². The predicted octanol–water partition coefficient (Wildman–Crippen LogP) is 4.75. The van der Waals surface area contributed by atoms with Crippen LogP contribution in [0.1, 0.15) is 5.56 Å². The van der Waals surface area contributed by atoms with Gasteiger partial charge >= 0.3 is 5.63 Å². The summed E-state index contributed by atoms with van der Waals surface area (Å²) in [6, 6.07) is 16.2. The Labute approximate surface area is 163 Å². The lowest BCUT2D eigenvalue weighted by molar-refractivity contribution is -0.115. The van der Waals surface area contributed by atoms with Gasteiger partial charge in [0.2, 0.25) is 5.91 Å². The van der Waals surface area contributed by atoms with E-state index in [1.165, 1.54) is 11.3 Å². The van der Waals surface area contributed by atoms with Crippen molar-refractivity contribution in [1.29, 1.82) is 0 Å². The normalized spacial score (nSPS) is 10.9.